The number of anilines is 1. The van der Waals surface area contributed by atoms with Crippen LogP contribution < -0.4 is 5.32 Å². The second-order valence-corrected chi connectivity index (χ2v) is 5.04. The molecule has 0 saturated heterocycles. The SMILES string of the molecule is CN(C)Cc1ccc(NCc2ccc(F)c(F)c2)cc1. The summed E-state index contributed by atoms with van der Waals surface area (Å²) in [6.45, 7) is 1.35. The molecule has 0 aliphatic carbocycles. The average molecular weight is 276 g/mol. The normalized spacial score (nSPS) is 10.8. The molecule has 2 aromatic rings. The first-order valence-electron chi connectivity index (χ1n) is 6.46. The van der Waals surface area contributed by atoms with Crippen LogP contribution in [0.15, 0.2) is 42.5 Å². The Labute approximate surface area is 118 Å². The molecule has 4 heteroatoms. The first kappa shape index (κ1) is 14.5. The van der Waals surface area contributed by atoms with E-state index in [1.165, 1.54) is 11.6 Å². The molecule has 0 spiro atoms. The summed E-state index contributed by atoms with van der Waals surface area (Å²) in [5.41, 5.74) is 2.90. The van der Waals surface area contributed by atoms with Gasteiger partial charge in [-0.25, -0.2) is 8.78 Å². The number of hydrogen-bond donors (Lipinski definition) is 1. The molecule has 0 fully saturated rings. The predicted molar refractivity (Wildman–Crippen MR) is 77.5 cm³/mol. The molecule has 2 rings (SSSR count). The fourth-order valence-corrected chi connectivity index (χ4v) is 1.95. The molecular formula is C16H18F2N2. The van der Waals surface area contributed by atoms with Crippen molar-refractivity contribution >= 4 is 5.69 Å². The highest BCUT2D eigenvalue weighted by Gasteiger charge is 2.02. The van der Waals surface area contributed by atoms with Gasteiger partial charge in [0, 0.05) is 18.8 Å². The van der Waals surface area contributed by atoms with Gasteiger partial charge in [-0.05, 0) is 49.5 Å². The van der Waals surface area contributed by atoms with Crippen molar-refractivity contribution in [2.24, 2.45) is 0 Å². The van der Waals surface area contributed by atoms with Gasteiger partial charge < -0.3 is 10.2 Å². The smallest absolute Gasteiger partial charge is 0.159 e. The van der Waals surface area contributed by atoms with Crippen molar-refractivity contribution in [2.45, 2.75) is 13.1 Å². The number of nitrogens with one attached hydrogen (secondary N) is 1. The topological polar surface area (TPSA) is 15.3 Å². The van der Waals surface area contributed by atoms with E-state index in [2.05, 4.69) is 10.2 Å². The van der Waals surface area contributed by atoms with E-state index >= 15 is 0 Å². The van der Waals surface area contributed by atoms with Gasteiger partial charge in [-0.2, -0.15) is 0 Å². The van der Waals surface area contributed by atoms with Gasteiger partial charge in [-0.1, -0.05) is 18.2 Å². The average Bonchev–Trinajstić information content (AvgIpc) is 2.41. The van der Waals surface area contributed by atoms with Crippen LogP contribution in [0, 0.1) is 11.6 Å². The van der Waals surface area contributed by atoms with E-state index in [1.54, 1.807) is 6.07 Å². The minimum Gasteiger partial charge on any atom is -0.381 e. The third-order valence-electron chi connectivity index (χ3n) is 2.93. The third kappa shape index (κ3) is 4.03. The van der Waals surface area contributed by atoms with Crippen LogP contribution in [0.5, 0.6) is 0 Å². The van der Waals surface area contributed by atoms with E-state index < -0.39 is 11.6 Å². The molecular weight excluding hydrogens is 258 g/mol. The second-order valence-electron chi connectivity index (χ2n) is 5.04. The maximum Gasteiger partial charge on any atom is 0.159 e. The molecule has 2 nitrogen and oxygen atoms in total. The van der Waals surface area contributed by atoms with Crippen molar-refractivity contribution in [3.63, 3.8) is 0 Å². The van der Waals surface area contributed by atoms with E-state index in [0.29, 0.717) is 12.1 Å². The fourth-order valence-electron chi connectivity index (χ4n) is 1.95. The molecule has 0 atom stereocenters. The lowest BCUT2D eigenvalue weighted by Crippen LogP contribution is -2.10. The molecule has 20 heavy (non-hydrogen) atoms. The molecule has 0 aliphatic rings. The largest absolute Gasteiger partial charge is 0.381 e. The molecule has 0 saturated carbocycles. The number of hydrogen-bond acceptors (Lipinski definition) is 2. The summed E-state index contributed by atoms with van der Waals surface area (Å²) >= 11 is 0. The van der Waals surface area contributed by atoms with Gasteiger partial charge in [-0.3, -0.25) is 0 Å². The van der Waals surface area contributed by atoms with Crippen LogP contribution in [0.25, 0.3) is 0 Å². The highest BCUT2D eigenvalue weighted by Crippen LogP contribution is 2.14. The minimum atomic E-state index is -0.818. The molecule has 0 aromatic heterocycles. The van der Waals surface area contributed by atoms with Crippen molar-refractivity contribution in [1.82, 2.24) is 4.90 Å². The van der Waals surface area contributed by atoms with Crippen molar-refractivity contribution in [1.29, 1.82) is 0 Å². The summed E-state index contributed by atoms with van der Waals surface area (Å²) in [7, 11) is 4.05. The molecule has 106 valence electrons. The van der Waals surface area contributed by atoms with E-state index in [9.17, 15) is 8.78 Å². The molecule has 1 N–H and O–H groups in total. The van der Waals surface area contributed by atoms with E-state index in [-0.39, 0.29) is 0 Å². The molecule has 0 bridgehead atoms. The fraction of sp³-hybridized carbons (Fsp3) is 0.250. The summed E-state index contributed by atoms with van der Waals surface area (Å²) in [4.78, 5) is 2.10. The van der Waals surface area contributed by atoms with Crippen LogP contribution in [0.3, 0.4) is 0 Å². The van der Waals surface area contributed by atoms with Crippen LogP contribution in [0.4, 0.5) is 14.5 Å². The maximum atomic E-state index is 13.1. The standard InChI is InChI=1S/C16H18F2N2/c1-20(2)11-12-3-6-14(7-4-12)19-10-13-5-8-15(17)16(18)9-13/h3-9,19H,10-11H2,1-2H3. The lowest BCUT2D eigenvalue weighted by atomic mass is 10.2. The highest BCUT2D eigenvalue weighted by molar-refractivity contribution is 5.45. The van der Waals surface area contributed by atoms with Gasteiger partial charge in [0.05, 0.1) is 0 Å². The summed E-state index contributed by atoms with van der Waals surface area (Å²) in [5, 5.41) is 3.19. The number of benzene rings is 2. The number of halogens is 2. The van der Waals surface area contributed by atoms with Gasteiger partial charge in [0.15, 0.2) is 11.6 Å². The van der Waals surface area contributed by atoms with Gasteiger partial charge in [0.1, 0.15) is 0 Å². The molecule has 0 aliphatic heterocycles. The van der Waals surface area contributed by atoms with Gasteiger partial charge >= 0.3 is 0 Å². The Balaban J connectivity index is 1.95. The van der Waals surface area contributed by atoms with Crippen LogP contribution in [0.2, 0.25) is 0 Å². The Bertz CT molecular complexity index is 565. The van der Waals surface area contributed by atoms with Crippen molar-refractivity contribution in [3.05, 3.63) is 65.2 Å². The van der Waals surface area contributed by atoms with Crippen LogP contribution in [0.1, 0.15) is 11.1 Å². The monoisotopic (exact) mass is 276 g/mol. The first-order valence-corrected chi connectivity index (χ1v) is 6.46. The lowest BCUT2D eigenvalue weighted by Gasteiger charge is -2.11. The Morgan fingerprint density at radius 3 is 2.15 bits per heavy atom. The first-order chi connectivity index (χ1) is 9.54. The molecule has 0 amide bonds. The summed E-state index contributed by atoms with van der Waals surface area (Å²) < 4.78 is 25.9. The van der Waals surface area contributed by atoms with Crippen molar-refractivity contribution in [2.75, 3.05) is 19.4 Å². The van der Waals surface area contributed by atoms with Crippen molar-refractivity contribution < 1.29 is 8.78 Å². The van der Waals surface area contributed by atoms with E-state index in [1.807, 2.05) is 38.4 Å². The molecule has 0 unspecified atom stereocenters. The van der Waals surface area contributed by atoms with Crippen LogP contribution in [-0.2, 0) is 13.1 Å². The quantitative estimate of drug-likeness (QED) is 0.897. The Morgan fingerprint density at radius 2 is 1.55 bits per heavy atom. The maximum absolute atomic E-state index is 13.1. The molecule has 0 radical (unpaired) electrons. The highest BCUT2D eigenvalue weighted by atomic mass is 19.2. The van der Waals surface area contributed by atoms with E-state index in [4.69, 9.17) is 0 Å². The summed E-state index contributed by atoms with van der Waals surface area (Å²) in [6, 6.07) is 12.0. The number of nitrogens with zero attached hydrogens (tertiary/aromatic N) is 1. The lowest BCUT2D eigenvalue weighted by molar-refractivity contribution is 0.402. The summed E-state index contributed by atoms with van der Waals surface area (Å²) in [5.74, 6) is -1.63. The predicted octanol–water partition coefficient (Wildman–Crippen LogP) is 3.64. The second kappa shape index (κ2) is 6.48. The van der Waals surface area contributed by atoms with Crippen molar-refractivity contribution in [3.8, 4) is 0 Å². The zero-order valence-electron chi connectivity index (χ0n) is 11.7. The van der Waals surface area contributed by atoms with Gasteiger partial charge in [0.25, 0.3) is 0 Å². The Hall–Kier alpha value is -1.94. The Kier molecular flexibility index (Phi) is 4.69. The van der Waals surface area contributed by atoms with Gasteiger partial charge in [-0.15, -0.1) is 0 Å². The summed E-state index contributed by atoms with van der Waals surface area (Å²) in [6.07, 6.45) is 0. The Morgan fingerprint density at radius 1 is 0.900 bits per heavy atom. The zero-order valence-corrected chi connectivity index (χ0v) is 11.7. The van der Waals surface area contributed by atoms with Crippen LogP contribution >= 0.6 is 0 Å². The zero-order chi connectivity index (χ0) is 14.5. The van der Waals surface area contributed by atoms with Gasteiger partial charge in [0.2, 0.25) is 0 Å². The third-order valence-corrected chi connectivity index (χ3v) is 2.93. The molecule has 2 aromatic carbocycles. The minimum absolute atomic E-state index is 0.463. The molecule has 0 heterocycles. The van der Waals surface area contributed by atoms with E-state index in [0.717, 1.165) is 18.3 Å². The number of rotatable bonds is 5. The van der Waals surface area contributed by atoms with Crippen LogP contribution in [-0.4, -0.2) is 19.0 Å².